The van der Waals surface area contributed by atoms with Gasteiger partial charge < -0.3 is 4.90 Å². The van der Waals surface area contributed by atoms with E-state index in [0.717, 1.165) is 81.4 Å². The molecule has 0 unspecified atom stereocenters. The smallest absolute Gasteiger partial charge is 0.200 e. The number of hydrogen-bond acceptors (Lipinski definition) is 1. The van der Waals surface area contributed by atoms with E-state index in [1.807, 2.05) is 12.1 Å². The molecule has 0 amide bonds. The third-order valence-corrected chi connectivity index (χ3v) is 12.0. The highest BCUT2D eigenvalue weighted by atomic mass is 19.2. The fourth-order valence-electron chi connectivity index (χ4n) is 9.15. The van der Waals surface area contributed by atoms with Crippen molar-refractivity contribution in [3.05, 3.63) is 223 Å². The topological polar surface area (TPSA) is 3.24 Å². The molecule has 0 saturated carbocycles. The van der Waals surface area contributed by atoms with Gasteiger partial charge >= 0.3 is 0 Å². The molecule has 0 aliphatic carbocycles. The summed E-state index contributed by atoms with van der Waals surface area (Å²) < 4.78 is 74.2. The number of halogens is 5. The van der Waals surface area contributed by atoms with Gasteiger partial charge in [0.15, 0.2) is 23.3 Å². The monoisotopic (exact) mass is 813 g/mol. The van der Waals surface area contributed by atoms with Crippen molar-refractivity contribution in [3.8, 4) is 33.4 Å². The van der Waals surface area contributed by atoms with E-state index < -0.39 is 34.8 Å². The third-order valence-electron chi connectivity index (χ3n) is 12.0. The molecular formula is C56H32F5N. The number of rotatable bonds is 6. The predicted octanol–water partition coefficient (Wildman–Crippen LogP) is 16.6. The first-order valence-electron chi connectivity index (χ1n) is 20.2. The SMILES string of the molecule is Fc1c(F)c(F)c(N(c2ccccc2)c2ccc3cc(-c4ccc5c(-c6cccc7ccccc67)c6ccccc6c(-c6cccc7ccccc67)c5c4)ccc3c2)c(F)c1F. The lowest BCUT2D eigenvalue weighted by Gasteiger charge is -2.27. The second-order valence-corrected chi connectivity index (χ2v) is 15.4. The first-order chi connectivity index (χ1) is 30.4. The van der Waals surface area contributed by atoms with Gasteiger partial charge in [-0.25, -0.2) is 22.0 Å². The van der Waals surface area contributed by atoms with Crippen molar-refractivity contribution in [2.45, 2.75) is 0 Å². The Bertz CT molecular complexity index is 3560. The van der Waals surface area contributed by atoms with Crippen LogP contribution in [0, 0.1) is 29.1 Å². The minimum Gasteiger partial charge on any atom is -0.305 e. The molecule has 0 aromatic heterocycles. The molecule has 0 N–H and O–H groups in total. The normalized spacial score (nSPS) is 11.6. The fraction of sp³-hybridized carbons (Fsp3) is 0. The molecule has 6 heteroatoms. The van der Waals surface area contributed by atoms with Gasteiger partial charge in [0.05, 0.1) is 0 Å². The van der Waals surface area contributed by atoms with Crippen molar-refractivity contribution < 1.29 is 22.0 Å². The summed E-state index contributed by atoms with van der Waals surface area (Å²) in [7, 11) is 0. The highest BCUT2D eigenvalue weighted by molar-refractivity contribution is 6.25. The molecule has 0 saturated heterocycles. The van der Waals surface area contributed by atoms with E-state index in [1.54, 1.807) is 48.5 Å². The van der Waals surface area contributed by atoms with Crippen LogP contribution in [0.3, 0.4) is 0 Å². The van der Waals surface area contributed by atoms with E-state index in [-0.39, 0.29) is 11.4 Å². The number of fused-ring (bicyclic) bond motifs is 5. The largest absolute Gasteiger partial charge is 0.305 e. The summed E-state index contributed by atoms with van der Waals surface area (Å²) in [5, 5.41) is 10.7. The molecule has 0 aliphatic rings. The Balaban J connectivity index is 1.12. The number of anilines is 3. The second-order valence-electron chi connectivity index (χ2n) is 15.4. The van der Waals surface area contributed by atoms with Gasteiger partial charge in [0.2, 0.25) is 5.82 Å². The van der Waals surface area contributed by atoms with Crippen molar-refractivity contribution in [3.63, 3.8) is 0 Å². The molecule has 0 spiro atoms. The quantitative estimate of drug-likeness (QED) is 0.0700. The lowest BCUT2D eigenvalue weighted by molar-refractivity contribution is 0.380. The van der Waals surface area contributed by atoms with Crippen LogP contribution in [0.4, 0.5) is 39.0 Å². The summed E-state index contributed by atoms with van der Waals surface area (Å²) in [5.41, 5.74) is 5.89. The van der Waals surface area contributed by atoms with E-state index in [2.05, 4.69) is 133 Å². The Morgan fingerprint density at radius 3 is 1.35 bits per heavy atom. The summed E-state index contributed by atoms with van der Waals surface area (Å²) in [5.74, 6) is -10.1. The van der Waals surface area contributed by atoms with Crippen LogP contribution in [0.2, 0.25) is 0 Å². The number of para-hydroxylation sites is 1. The minimum absolute atomic E-state index is 0.220. The summed E-state index contributed by atoms with van der Waals surface area (Å²) in [6.07, 6.45) is 0. The maximum Gasteiger partial charge on any atom is 0.200 e. The summed E-state index contributed by atoms with van der Waals surface area (Å²) in [6, 6.07) is 64.2. The van der Waals surface area contributed by atoms with Crippen LogP contribution >= 0.6 is 0 Å². The summed E-state index contributed by atoms with van der Waals surface area (Å²) >= 11 is 0. The maximum atomic E-state index is 15.4. The Kier molecular flexibility index (Phi) is 8.83. The third kappa shape index (κ3) is 5.90. The van der Waals surface area contributed by atoms with Crippen LogP contribution in [-0.2, 0) is 0 Å². The summed E-state index contributed by atoms with van der Waals surface area (Å²) in [6.45, 7) is 0. The molecule has 1 nitrogen and oxygen atoms in total. The molecule has 0 atom stereocenters. The van der Waals surface area contributed by atoms with Crippen molar-refractivity contribution in [1.29, 1.82) is 0 Å². The van der Waals surface area contributed by atoms with Gasteiger partial charge in [-0.3, -0.25) is 0 Å². The van der Waals surface area contributed by atoms with Gasteiger partial charge in [0.1, 0.15) is 5.69 Å². The lowest BCUT2D eigenvalue weighted by Crippen LogP contribution is -2.17. The van der Waals surface area contributed by atoms with Gasteiger partial charge in [0, 0.05) is 11.4 Å². The fourth-order valence-corrected chi connectivity index (χ4v) is 9.15. The molecule has 11 aromatic rings. The van der Waals surface area contributed by atoms with Crippen molar-refractivity contribution in [2.75, 3.05) is 4.90 Å². The van der Waals surface area contributed by atoms with Gasteiger partial charge in [-0.2, -0.15) is 0 Å². The van der Waals surface area contributed by atoms with Crippen molar-refractivity contribution in [1.82, 2.24) is 0 Å². The van der Waals surface area contributed by atoms with Crippen LogP contribution in [0.15, 0.2) is 194 Å². The molecule has 11 rings (SSSR count). The van der Waals surface area contributed by atoms with E-state index >= 15 is 8.78 Å². The van der Waals surface area contributed by atoms with Crippen LogP contribution in [0.25, 0.3) is 87.2 Å². The van der Waals surface area contributed by atoms with E-state index in [0.29, 0.717) is 5.39 Å². The van der Waals surface area contributed by atoms with Crippen molar-refractivity contribution >= 4 is 70.9 Å². The highest BCUT2D eigenvalue weighted by Gasteiger charge is 2.31. The average molecular weight is 814 g/mol. The minimum atomic E-state index is -2.21. The van der Waals surface area contributed by atoms with Crippen LogP contribution in [-0.4, -0.2) is 0 Å². The molecular weight excluding hydrogens is 782 g/mol. The number of nitrogens with zero attached hydrogens (tertiary/aromatic N) is 1. The number of hydrogen-bond donors (Lipinski definition) is 0. The first-order valence-corrected chi connectivity index (χ1v) is 20.2. The molecule has 0 fully saturated rings. The lowest BCUT2D eigenvalue weighted by atomic mass is 9.83. The molecule has 0 bridgehead atoms. The predicted molar refractivity (Wildman–Crippen MR) is 245 cm³/mol. The highest BCUT2D eigenvalue weighted by Crippen LogP contribution is 2.48. The van der Waals surface area contributed by atoms with E-state index in [9.17, 15) is 13.2 Å². The molecule has 62 heavy (non-hydrogen) atoms. The maximum absolute atomic E-state index is 15.4. The van der Waals surface area contributed by atoms with Gasteiger partial charge in [-0.15, -0.1) is 0 Å². The zero-order valence-electron chi connectivity index (χ0n) is 32.8. The van der Waals surface area contributed by atoms with Gasteiger partial charge in [-0.05, 0) is 124 Å². The average Bonchev–Trinajstić information content (AvgIpc) is 3.33. The standard InChI is InChI=1S/C56H32F5N/c57-51-52(58)54(60)56(55(61)53(51)59)62(39-16-2-1-3-17-39)40-28-26-36-30-35(24-25-37(36)31-40)38-27-29-47-48(32-38)50(44-23-11-15-34-13-5-7-19-42(34)44)46-21-9-8-20-45(46)49(47)43-22-10-14-33-12-4-6-18-41(33)43/h1-32H. The summed E-state index contributed by atoms with van der Waals surface area (Å²) in [4.78, 5) is 1.06. The van der Waals surface area contributed by atoms with Crippen molar-refractivity contribution in [2.24, 2.45) is 0 Å². The first kappa shape index (κ1) is 37.2. The Morgan fingerprint density at radius 2 is 0.726 bits per heavy atom. The molecule has 0 heterocycles. The van der Waals surface area contributed by atoms with Crippen LogP contribution in [0.1, 0.15) is 0 Å². The molecule has 0 radical (unpaired) electrons. The van der Waals surface area contributed by atoms with Crippen LogP contribution in [0.5, 0.6) is 0 Å². The second kappa shape index (κ2) is 14.7. The molecule has 296 valence electrons. The van der Waals surface area contributed by atoms with Crippen LogP contribution < -0.4 is 4.90 Å². The molecule has 11 aromatic carbocycles. The van der Waals surface area contributed by atoms with E-state index in [4.69, 9.17) is 0 Å². The Morgan fingerprint density at radius 1 is 0.274 bits per heavy atom. The number of benzene rings is 11. The zero-order valence-corrected chi connectivity index (χ0v) is 32.8. The Hall–Kier alpha value is -7.83. The van der Waals surface area contributed by atoms with Gasteiger partial charge in [0.25, 0.3) is 0 Å². The van der Waals surface area contributed by atoms with E-state index in [1.165, 1.54) is 5.39 Å². The van der Waals surface area contributed by atoms with Gasteiger partial charge in [-0.1, -0.05) is 158 Å². The zero-order chi connectivity index (χ0) is 42.1. The Labute approximate surface area is 353 Å². The molecule has 0 aliphatic heterocycles.